The predicted octanol–water partition coefficient (Wildman–Crippen LogP) is 3.90. The van der Waals surface area contributed by atoms with Crippen LogP contribution in [0.4, 0.5) is 5.69 Å². The lowest BCUT2D eigenvalue weighted by molar-refractivity contribution is -0.113. The van der Waals surface area contributed by atoms with E-state index in [0.29, 0.717) is 24.5 Å². The van der Waals surface area contributed by atoms with E-state index in [2.05, 4.69) is 11.4 Å². The number of anilines is 1. The zero-order valence-electron chi connectivity index (χ0n) is 15.9. The molecule has 0 aliphatic rings. The second kappa shape index (κ2) is 9.92. The maximum atomic E-state index is 12.6. The van der Waals surface area contributed by atoms with Gasteiger partial charge in [0.1, 0.15) is 0 Å². The Hall–Kier alpha value is -1.83. The van der Waals surface area contributed by atoms with Crippen LogP contribution in [-0.4, -0.2) is 37.5 Å². The van der Waals surface area contributed by atoms with E-state index in [-0.39, 0.29) is 10.8 Å². The van der Waals surface area contributed by atoms with Crippen molar-refractivity contribution >= 4 is 33.4 Å². The SMILES string of the molecule is CCN(CC)S(=O)(=O)c1cccc(NC(=O)CSCc2cccc(C)c2)c1. The van der Waals surface area contributed by atoms with Gasteiger partial charge in [0.05, 0.1) is 10.6 Å². The Bertz CT molecular complexity index is 878. The molecule has 0 bridgehead atoms. The van der Waals surface area contributed by atoms with E-state index in [0.717, 1.165) is 5.75 Å². The van der Waals surface area contributed by atoms with Crippen molar-refractivity contribution in [1.82, 2.24) is 4.31 Å². The van der Waals surface area contributed by atoms with Gasteiger partial charge in [-0.1, -0.05) is 49.7 Å². The number of benzene rings is 2. The minimum Gasteiger partial charge on any atom is -0.325 e. The van der Waals surface area contributed by atoms with Crippen molar-refractivity contribution < 1.29 is 13.2 Å². The summed E-state index contributed by atoms with van der Waals surface area (Å²) >= 11 is 1.53. The van der Waals surface area contributed by atoms with Crippen molar-refractivity contribution in [2.45, 2.75) is 31.4 Å². The average molecular weight is 407 g/mol. The number of carbonyl (C=O) groups is 1. The molecule has 2 aromatic rings. The molecule has 0 heterocycles. The van der Waals surface area contributed by atoms with E-state index in [1.807, 2.05) is 25.1 Å². The van der Waals surface area contributed by atoms with Gasteiger partial charge in [0, 0.05) is 24.5 Å². The number of nitrogens with one attached hydrogen (secondary N) is 1. The molecular formula is C20H26N2O3S2. The van der Waals surface area contributed by atoms with Gasteiger partial charge in [0.25, 0.3) is 0 Å². The molecule has 1 amide bonds. The molecule has 2 rings (SSSR count). The Balaban J connectivity index is 1.96. The highest BCUT2D eigenvalue weighted by Gasteiger charge is 2.21. The number of amides is 1. The highest BCUT2D eigenvalue weighted by molar-refractivity contribution is 7.99. The summed E-state index contributed by atoms with van der Waals surface area (Å²) in [4.78, 5) is 12.4. The molecule has 0 aliphatic heterocycles. The van der Waals surface area contributed by atoms with Crippen molar-refractivity contribution in [3.63, 3.8) is 0 Å². The van der Waals surface area contributed by atoms with E-state index >= 15 is 0 Å². The third-order valence-corrected chi connectivity index (χ3v) is 7.10. The summed E-state index contributed by atoms with van der Waals surface area (Å²) in [6, 6.07) is 14.6. The topological polar surface area (TPSA) is 66.5 Å². The van der Waals surface area contributed by atoms with Crippen LogP contribution in [-0.2, 0) is 20.6 Å². The van der Waals surface area contributed by atoms with E-state index in [9.17, 15) is 13.2 Å². The second-order valence-corrected chi connectivity index (χ2v) is 9.07. The predicted molar refractivity (Wildman–Crippen MR) is 113 cm³/mol. The number of sulfonamides is 1. The maximum Gasteiger partial charge on any atom is 0.243 e. The van der Waals surface area contributed by atoms with Crippen LogP contribution in [0.15, 0.2) is 53.4 Å². The van der Waals surface area contributed by atoms with Crippen molar-refractivity contribution in [3.05, 3.63) is 59.7 Å². The number of carbonyl (C=O) groups excluding carboxylic acids is 1. The fourth-order valence-corrected chi connectivity index (χ4v) is 4.99. The lowest BCUT2D eigenvalue weighted by atomic mass is 10.2. The normalized spacial score (nSPS) is 11.6. The summed E-state index contributed by atoms with van der Waals surface area (Å²) in [7, 11) is -3.54. The zero-order chi connectivity index (χ0) is 19.9. The van der Waals surface area contributed by atoms with Crippen molar-refractivity contribution in [2.24, 2.45) is 0 Å². The zero-order valence-corrected chi connectivity index (χ0v) is 17.6. The quantitative estimate of drug-likeness (QED) is 0.686. The van der Waals surface area contributed by atoms with Gasteiger partial charge in [-0.2, -0.15) is 4.31 Å². The minimum absolute atomic E-state index is 0.148. The standard InChI is InChI=1S/C20H26N2O3S2/c1-4-22(5-2)27(24,25)19-11-7-10-18(13-19)21-20(23)15-26-14-17-9-6-8-16(3)12-17/h6-13H,4-5,14-15H2,1-3H3,(H,21,23). The molecule has 0 fully saturated rings. The van der Waals surface area contributed by atoms with Crippen molar-refractivity contribution in [3.8, 4) is 0 Å². The summed E-state index contributed by atoms with van der Waals surface area (Å²) in [5, 5.41) is 2.78. The lowest BCUT2D eigenvalue weighted by Gasteiger charge is -2.18. The molecule has 146 valence electrons. The molecule has 0 aromatic heterocycles. The Morgan fingerprint density at radius 1 is 1.07 bits per heavy atom. The maximum absolute atomic E-state index is 12.6. The van der Waals surface area contributed by atoms with E-state index in [1.54, 1.807) is 32.0 Å². The van der Waals surface area contributed by atoms with Crippen LogP contribution in [0, 0.1) is 6.92 Å². The number of aryl methyl sites for hydroxylation is 1. The van der Waals surface area contributed by atoms with Gasteiger partial charge in [-0.25, -0.2) is 8.42 Å². The molecule has 0 aliphatic carbocycles. The van der Waals surface area contributed by atoms with Crippen molar-refractivity contribution in [2.75, 3.05) is 24.2 Å². The summed E-state index contributed by atoms with van der Waals surface area (Å²) in [5.41, 5.74) is 2.87. The smallest absolute Gasteiger partial charge is 0.243 e. The first kappa shape index (κ1) is 21.5. The van der Waals surface area contributed by atoms with Gasteiger partial charge in [0.15, 0.2) is 0 Å². The number of thioether (sulfide) groups is 1. The Labute approximate surface area is 166 Å². The third-order valence-electron chi connectivity index (χ3n) is 4.05. The number of hydrogen-bond donors (Lipinski definition) is 1. The molecule has 1 N–H and O–H groups in total. The largest absolute Gasteiger partial charge is 0.325 e. The first-order valence-electron chi connectivity index (χ1n) is 8.90. The Kier molecular flexibility index (Phi) is 7.89. The highest BCUT2D eigenvalue weighted by Crippen LogP contribution is 2.20. The molecule has 0 radical (unpaired) electrons. The molecule has 5 nitrogen and oxygen atoms in total. The monoisotopic (exact) mass is 406 g/mol. The lowest BCUT2D eigenvalue weighted by Crippen LogP contribution is -2.30. The molecule has 0 unspecified atom stereocenters. The van der Waals surface area contributed by atoms with Crippen molar-refractivity contribution in [1.29, 1.82) is 0 Å². The van der Waals surface area contributed by atoms with E-state index < -0.39 is 10.0 Å². The second-order valence-electron chi connectivity index (χ2n) is 6.15. The molecular weight excluding hydrogens is 380 g/mol. The van der Waals surface area contributed by atoms with Crippen LogP contribution >= 0.6 is 11.8 Å². The van der Waals surface area contributed by atoms with Gasteiger partial charge in [-0.05, 0) is 30.7 Å². The number of hydrogen-bond acceptors (Lipinski definition) is 4. The Morgan fingerprint density at radius 3 is 2.44 bits per heavy atom. The van der Waals surface area contributed by atoms with Crippen LogP contribution in [0.25, 0.3) is 0 Å². The molecule has 7 heteroatoms. The summed E-state index contributed by atoms with van der Waals surface area (Å²) in [6.45, 7) is 6.46. The third kappa shape index (κ3) is 6.09. The highest BCUT2D eigenvalue weighted by atomic mass is 32.2. The minimum atomic E-state index is -3.54. The van der Waals surface area contributed by atoms with Crippen LogP contribution < -0.4 is 5.32 Å². The fraction of sp³-hybridized carbons (Fsp3) is 0.350. The summed E-state index contributed by atoms with van der Waals surface area (Å²) < 4.78 is 26.6. The van der Waals surface area contributed by atoms with Crippen LogP contribution in [0.2, 0.25) is 0 Å². The number of nitrogens with zero attached hydrogens (tertiary/aromatic N) is 1. The van der Waals surface area contributed by atoms with Crippen LogP contribution in [0.5, 0.6) is 0 Å². The molecule has 2 aromatic carbocycles. The molecule has 0 saturated heterocycles. The van der Waals surface area contributed by atoms with Gasteiger partial charge in [-0.3, -0.25) is 4.79 Å². The van der Waals surface area contributed by atoms with Crippen LogP contribution in [0.3, 0.4) is 0 Å². The number of rotatable bonds is 9. The molecule has 0 spiro atoms. The average Bonchev–Trinajstić information content (AvgIpc) is 2.63. The van der Waals surface area contributed by atoms with Gasteiger partial charge >= 0.3 is 0 Å². The molecule has 0 atom stereocenters. The summed E-state index contributed by atoms with van der Waals surface area (Å²) in [5.74, 6) is 0.914. The molecule has 0 saturated carbocycles. The summed E-state index contributed by atoms with van der Waals surface area (Å²) in [6.07, 6.45) is 0. The van der Waals surface area contributed by atoms with Gasteiger partial charge in [-0.15, -0.1) is 11.8 Å². The van der Waals surface area contributed by atoms with Gasteiger partial charge in [0.2, 0.25) is 15.9 Å². The fourth-order valence-electron chi connectivity index (χ4n) is 2.71. The first-order valence-corrected chi connectivity index (χ1v) is 11.5. The van der Waals surface area contributed by atoms with E-state index in [4.69, 9.17) is 0 Å². The van der Waals surface area contributed by atoms with E-state index in [1.165, 1.54) is 33.3 Å². The molecule has 27 heavy (non-hydrogen) atoms. The van der Waals surface area contributed by atoms with Gasteiger partial charge < -0.3 is 5.32 Å². The Morgan fingerprint density at radius 2 is 1.78 bits per heavy atom. The first-order chi connectivity index (χ1) is 12.9. The van der Waals surface area contributed by atoms with Crippen LogP contribution in [0.1, 0.15) is 25.0 Å².